The first-order valence-electron chi connectivity index (χ1n) is 5.05. The Kier molecular flexibility index (Phi) is 3.40. The standard InChI is InChI=1S/C13H10ClNO2/c1-9-4-5-11(14)7-12(9)17-13-10(8-16)3-2-6-15-13/h2-8H,1H3. The van der Waals surface area contributed by atoms with Crippen LogP contribution in [-0.2, 0) is 0 Å². The largest absolute Gasteiger partial charge is 0.438 e. The van der Waals surface area contributed by atoms with Crippen LogP contribution in [0.3, 0.4) is 0 Å². The van der Waals surface area contributed by atoms with Crippen molar-refractivity contribution in [3.63, 3.8) is 0 Å². The monoisotopic (exact) mass is 247 g/mol. The summed E-state index contributed by atoms with van der Waals surface area (Å²) in [7, 11) is 0. The number of carbonyl (C=O) groups excluding carboxylic acids is 1. The molecule has 1 aromatic heterocycles. The van der Waals surface area contributed by atoms with Gasteiger partial charge in [0.05, 0.1) is 5.56 Å². The zero-order valence-corrected chi connectivity index (χ0v) is 9.94. The fraction of sp³-hybridized carbons (Fsp3) is 0.0769. The fourth-order valence-electron chi connectivity index (χ4n) is 1.37. The number of ether oxygens (including phenoxy) is 1. The highest BCUT2D eigenvalue weighted by atomic mass is 35.5. The van der Waals surface area contributed by atoms with Crippen molar-refractivity contribution in [2.45, 2.75) is 6.92 Å². The Balaban J connectivity index is 2.37. The first-order chi connectivity index (χ1) is 8.20. The third kappa shape index (κ3) is 2.63. The number of carbonyl (C=O) groups is 1. The molecule has 0 N–H and O–H groups in total. The van der Waals surface area contributed by atoms with Crippen LogP contribution in [0.25, 0.3) is 0 Å². The minimum Gasteiger partial charge on any atom is -0.438 e. The van der Waals surface area contributed by atoms with Crippen LogP contribution in [0.1, 0.15) is 15.9 Å². The molecule has 0 aliphatic carbocycles. The van der Waals surface area contributed by atoms with Gasteiger partial charge in [-0.05, 0) is 36.8 Å². The Labute approximate surface area is 104 Å². The average Bonchev–Trinajstić information content (AvgIpc) is 2.34. The van der Waals surface area contributed by atoms with E-state index < -0.39 is 0 Å². The van der Waals surface area contributed by atoms with E-state index in [1.807, 2.05) is 13.0 Å². The second-order valence-electron chi connectivity index (χ2n) is 3.53. The fourth-order valence-corrected chi connectivity index (χ4v) is 1.53. The van der Waals surface area contributed by atoms with E-state index in [1.54, 1.807) is 30.5 Å². The van der Waals surface area contributed by atoms with Crippen LogP contribution in [0, 0.1) is 6.92 Å². The first-order valence-corrected chi connectivity index (χ1v) is 5.42. The van der Waals surface area contributed by atoms with E-state index in [0.29, 0.717) is 22.6 Å². The van der Waals surface area contributed by atoms with Crippen molar-refractivity contribution < 1.29 is 9.53 Å². The van der Waals surface area contributed by atoms with Gasteiger partial charge in [0, 0.05) is 11.2 Å². The molecule has 17 heavy (non-hydrogen) atoms. The van der Waals surface area contributed by atoms with E-state index in [2.05, 4.69) is 4.98 Å². The highest BCUT2D eigenvalue weighted by molar-refractivity contribution is 6.30. The molecule has 0 saturated heterocycles. The summed E-state index contributed by atoms with van der Waals surface area (Å²) in [4.78, 5) is 14.8. The molecule has 4 heteroatoms. The molecule has 0 aliphatic rings. The van der Waals surface area contributed by atoms with E-state index in [9.17, 15) is 4.79 Å². The summed E-state index contributed by atoms with van der Waals surface area (Å²) >= 11 is 5.89. The van der Waals surface area contributed by atoms with E-state index >= 15 is 0 Å². The van der Waals surface area contributed by atoms with Crippen molar-refractivity contribution in [2.75, 3.05) is 0 Å². The maximum atomic E-state index is 10.8. The lowest BCUT2D eigenvalue weighted by atomic mass is 10.2. The molecule has 0 saturated carbocycles. The molecule has 0 fully saturated rings. The lowest BCUT2D eigenvalue weighted by molar-refractivity contribution is 0.112. The number of hydrogen-bond acceptors (Lipinski definition) is 3. The Morgan fingerprint density at radius 3 is 2.94 bits per heavy atom. The van der Waals surface area contributed by atoms with Crippen LogP contribution < -0.4 is 4.74 Å². The van der Waals surface area contributed by atoms with Gasteiger partial charge in [0.15, 0.2) is 6.29 Å². The SMILES string of the molecule is Cc1ccc(Cl)cc1Oc1ncccc1C=O. The molecule has 0 atom stereocenters. The molecule has 0 amide bonds. The van der Waals surface area contributed by atoms with Gasteiger partial charge in [0.2, 0.25) is 5.88 Å². The summed E-state index contributed by atoms with van der Waals surface area (Å²) in [5.41, 5.74) is 1.34. The third-order valence-electron chi connectivity index (χ3n) is 2.28. The van der Waals surface area contributed by atoms with E-state index in [-0.39, 0.29) is 5.88 Å². The molecule has 2 aromatic rings. The number of aldehydes is 1. The summed E-state index contributed by atoms with van der Waals surface area (Å²) in [6, 6.07) is 8.65. The Morgan fingerprint density at radius 2 is 2.18 bits per heavy atom. The highest BCUT2D eigenvalue weighted by Gasteiger charge is 2.07. The Bertz CT molecular complexity index is 555. The topological polar surface area (TPSA) is 39.2 Å². The van der Waals surface area contributed by atoms with Crippen molar-refractivity contribution >= 4 is 17.9 Å². The smallest absolute Gasteiger partial charge is 0.229 e. The number of benzene rings is 1. The minimum atomic E-state index is 0.285. The van der Waals surface area contributed by atoms with Crippen molar-refractivity contribution in [3.05, 3.63) is 52.7 Å². The van der Waals surface area contributed by atoms with Gasteiger partial charge in [-0.15, -0.1) is 0 Å². The second-order valence-corrected chi connectivity index (χ2v) is 3.96. The molecule has 2 rings (SSSR count). The second kappa shape index (κ2) is 4.97. The number of hydrogen-bond donors (Lipinski definition) is 0. The van der Waals surface area contributed by atoms with Crippen LogP contribution >= 0.6 is 11.6 Å². The summed E-state index contributed by atoms with van der Waals surface area (Å²) in [5, 5.41) is 0.578. The molecule has 1 aromatic carbocycles. The predicted molar refractivity (Wildman–Crippen MR) is 65.9 cm³/mol. The van der Waals surface area contributed by atoms with Crippen LogP contribution in [0.15, 0.2) is 36.5 Å². The van der Waals surface area contributed by atoms with Gasteiger partial charge in [-0.25, -0.2) is 4.98 Å². The zero-order valence-electron chi connectivity index (χ0n) is 9.18. The van der Waals surface area contributed by atoms with Crippen molar-refractivity contribution in [3.8, 4) is 11.6 Å². The van der Waals surface area contributed by atoms with Crippen LogP contribution in [0.5, 0.6) is 11.6 Å². The summed E-state index contributed by atoms with van der Waals surface area (Å²) in [6.45, 7) is 1.90. The molecule has 0 unspecified atom stereocenters. The number of halogens is 1. The molecular weight excluding hydrogens is 238 g/mol. The van der Waals surface area contributed by atoms with Gasteiger partial charge in [-0.1, -0.05) is 17.7 Å². The molecule has 86 valence electrons. The van der Waals surface area contributed by atoms with Gasteiger partial charge >= 0.3 is 0 Å². The minimum absolute atomic E-state index is 0.285. The lowest BCUT2D eigenvalue weighted by Crippen LogP contribution is -1.94. The first kappa shape index (κ1) is 11.6. The summed E-state index contributed by atoms with van der Waals surface area (Å²) in [5.74, 6) is 0.882. The van der Waals surface area contributed by atoms with Crippen molar-refractivity contribution in [2.24, 2.45) is 0 Å². The Morgan fingerprint density at radius 1 is 1.35 bits per heavy atom. The van der Waals surface area contributed by atoms with Crippen LogP contribution in [-0.4, -0.2) is 11.3 Å². The quantitative estimate of drug-likeness (QED) is 0.777. The number of aromatic nitrogens is 1. The normalized spacial score (nSPS) is 10.0. The van der Waals surface area contributed by atoms with Gasteiger partial charge in [0.25, 0.3) is 0 Å². The Hall–Kier alpha value is -1.87. The van der Waals surface area contributed by atoms with Crippen molar-refractivity contribution in [1.29, 1.82) is 0 Å². The zero-order chi connectivity index (χ0) is 12.3. The third-order valence-corrected chi connectivity index (χ3v) is 2.52. The van der Waals surface area contributed by atoms with E-state index in [1.165, 1.54) is 0 Å². The van der Waals surface area contributed by atoms with E-state index in [0.717, 1.165) is 5.56 Å². The maximum Gasteiger partial charge on any atom is 0.229 e. The molecule has 0 spiro atoms. The summed E-state index contributed by atoms with van der Waals surface area (Å²) < 4.78 is 5.59. The maximum absolute atomic E-state index is 10.8. The number of rotatable bonds is 3. The van der Waals surface area contributed by atoms with Gasteiger partial charge in [0.1, 0.15) is 5.75 Å². The highest BCUT2D eigenvalue weighted by Crippen LogP contribution is 2.27. The van der Waals surface area contributed by atoms with E-state index in [4.69, 9.17) is 16.3 Å². The van der Waals surface area contributed by atoms with Gasteiger partial charge < -0.3 is 4.74 Å². The molecule has 1 heterocycles. The number of pyridine rings is 1. The number of aryl methyl sites for hydroxylation is 1. The predicted octanol–water partition coefficient (Wildman–Crippen LogP) is 3.65. The molecule has 0 radical (unpaired) electrons. The van der Waals surface area contributed by atoms with Crippen molar-refractivity contribution in [1.82, 2.24) is 4.98 Å². The average molecular weight is 248 g/mol. The number of nitrogens with zero attached hydrogens (tertiary/aromatic N) is 1. The van der Waals surface area contributed by atoms with Crippen LogP contribution in [0.4, 0.5) is 0 Å². The molecule has 0 bridgehead atoms. The lowest BCUT2D eigenvalue weighted by Gasteiger charge is -2.09. The summed E-state index contributed by atoms with van der Waals surface area (Å²) in [6.07, 6.45) is 2.28. The van der Waals surface area contributed by atoms with Gasteiger partial charge in [-0.3, -0.25) is 4.79 Å². The molecule has 3 nitrogen and oxygen atoms in total. The molecular formula is C13H10ClNO2. The van der Waals surface area contributed by atoms with Crippen LogP contribution in [0.2, 0.25) is 5.02 Å². The molecule has 0 aliphatic heterocycles. The van der Waals surface area contributed by atoms with Gasteiger partial charge in [-0.2, -0.15) is 0 Å².